The smallest absolute Gasteiger partial charge is 0.121 e. The summed E-state index contributed by atoms with van der Waals surface area (Å²) in [6.07, 6.45) is 4.59. The van der Waals surface area contributed by atoms with Crippen LogP contribution in [0.1, 0.15) is 11.7 Å². The Balaban J connectivity index is 1.67. The van der Waals surface area contributed by atoms with Gasteiger partial charge in [0.25, 0.3) is 0 Å². The van der Waals surface area contributed by atoms with Gasteiger partial charge in [-0.2, -0.15) is 0 Å². The lowest BCUT2D eigenvalue weighted by atomic mass is 10.1. The van der Waals surface area contributed by atoms with E-state index in [2.05, 4.69) is 4.98 Å². The van der Waals surface area contributed by atoms with Crippen molar-refractivity contribution < 1.29 is 14.6 Å². The Morgan fingerprint density at radius 1 is 1.13 bits per heavy atom. The highest BCUT2D eigenvalue weighted by Crippen LogP contribution is 2.22. The number of methoxy groups -OCH3 is 1. The maximum absolute atomic E-state index is 10.3. The second-order valence-corrected chi connectivity index (χ2v) is 5.07. The first-order chi connectivity index (χ1) is 11.3. The molecule has 5 nitrogen and oxygen atoms in total. The SMILES string of the molecule is COc1cccc(C(O)COc2cccc(-n3ccnc3)c2)c1. The van der Waals surface area contributed by atoms with E-state index < -0.39 is 6.10 Å². The summed E-state index contributed by atoms with van der Waals surface area (Å²) in [5, 5.41) is 10.3. The predicted octanol–water partition coefficient (Wildman–Crippen LogP) is 2.99. The van der Waals surface area contributed by atoms with E-state index in [1.807, 2.05) is 53.2 Å². The zero-order chi connectivity index (χ0) is 16.1. The van der Waals surface area contributed by atoms with Crippen LogP contribution in [0.2, 0.25) is 0 Å². The first-order valence-corrected chi connectivity index (χ1v) is 7.29. The van der Waals surface area contributed by atoms with Gasteiger partial charge in [0.2, 0.25) is 0 Å². The van der Waals surface area contributed by atoms with Gasteiger partial charge in [-0.3, -0.25) is 0 Å². The molecule has 0 saturated carbocycles. The van der Waals surface area contributed by atoms with Gasteiger partial charge >= 0.3 is 0 Å². The van der Waals surface area contributed by atoms with Crippen LogP contribution in [0.15, 0.2) is 67.3 Å². The van der Waals surface area contributed by atoms with Crippen LogP contribution in [0, 0.1) is 0 Å². The van der Waals surface area contributed by atoms with Gasteiger partial charge in [0.1, 0.15) is 24.2 Å². The van der Waals surface area contributed by atoms with Crippen molar-refractivity contribution in [3.05, 3.63) is 72.8 Å². The minimum Gasteiger partial charge on any atom is -0.497 e. The van der Waals surface area contributed by atoms with Crippen molar-refractivity contribution in [2.45, 2.75) is 6.10 Å². The van der Waals surface area contributed by atoms with Crippen molar-refractivity contribution in [1.29, 1.82) is 0 Å². The van der Waals surface area contributed by atoms with Crippen molar-refractivity contribution in [2.24, 2.45) is 0 Å². The third-order valence-electron chi connectivity index (χ3n) is 3.51. The number of ether oxygens (including phenoxy) is 2. The number of benzene rings is 2. The molecule has 5 heteroatoms. The normalized spacial score (nSPS) is 11.9. The fourth-order valence-electron chi connectivity index (χ4n) is 2.27. The summed E-state index contributed by atoms with van der Waals surface area (Å²) in [6.45, 7) is 0.167. The van der Waals surface area contributed by atoms with Crippen LogP contribution in [-0.2, 0) is 0 Å². The molecule has 1 N–H and O–H groups in total. The molecule has 0 aliphatic carbocycles. The van der Waals surface area contributed by atoms with Crippen molar-refractivity contribution in [1.82, 2.24) is 9.55 Å². The highest BCUT2D eigenvalue weighted by atomic mass is 16.5. The number of hydrogen-bond acceptors (Lipinski definition) is 4. The monoisotopic (exact) mass is 310 g/mol. The summed E-state index contributed by atoms with van der Waals surface area (Å²) < 4.78 is 12.8. The van der Waals surface area contributed by atoms with Crippen LogP contribution < -0.4 is 9.47 Å². The van der Waals surface area contributed by atoms with Crippen molar-refractivity contribution in [2.75, 3.05) is 13.7 Å². The molecular weight excluding hydrogens is 292 g/mol. The van der Waals surface area contributed by atoms with E-state index in [0.717, 1.165) is 11.3 Å². The number of rotatable bonds is 6. The second kappa shape index (κ2) is 6.98. The fourth-order valence-corrected chi connectivity index (χ4v) is 2.27. The Kier molecular flexibility index (Phi) is 4.59. The highest BCUT2D eigenvalue weighted by molar-refractivity contribution is 5.39. The summed E-state index contributed by atoms with van der Waals surface area (Å²) in [5.41, 5.74) is 1.71. The van der Waals surface area contributed by atoms with Crippen LogP contribution in [0.4, 0.5) is 0 Å². The van der Waals surface area contributed by atoms with Gasteiger partial charge in [0.05, 0.1) is 19.1 Å². The molecule has 0 radical (unpaired) electrons. The number of aliphatic hydroxyl groups is 1. The van der Waals surface area contributed by atoms with Gasteiger partial charge in [0.15, 0.2) is 0 Å². The van der Waals surface area contributed by atoms with Gasteiger partial charge in [-0.25, -0.2) is 4.98 Å². The van der Waals surface area contributed by atoms with Crippen LogP contribution in [0.3, 0.4) is 0 Å². The Hall–Kier alpha value is -2.79. The fraction of sp³-hybridized carbons (Fsp3) is 0.167. The van der Waals surface area contributed by atoms with E-state index in [4.69, 9.17) is 9.47 Å². The van der Waals surface area contributed by atoms with Gasteiger partial charge in [0, 0.05) is 18.5 Å². The Bertz CT molecular complexity index is 756. The van der Waals surface area contributed by atoms with E-state index in [9.17, 15) is 5.11 Å². The van der Waals surface area contributed by atoms with E-state index in [-0.39, 0.29) is 6.61 Å². The largest absolute Gasteiger partial charge is 0.497 e. The molecular formula is C18H18N2O3. The highest BCUT2D eigenvalue weighted by Gasteiger charge is 2.10. The van der Waals surface area contributed by atoms with Gasteiger partial charge in [-0.15, -0.1) is 0 Å². The summed E-state index contributed by atoms with van der Waals surface area (Å²) >= 11 is 0. The molecule has 0 aliphatic heterocycles. The summed E-state index contributed by atoms with van der Waals surface area (Å²) in [6, 6.07) is 15.0. The minimum absolute atomic E-state index is 0.167. The average molecular weight is 310 g/mol. The Morgan fingerprint density at radius 3 is 2.74 bits per heavy atom. The lowest BCUT2D eigenvalue weighted by Crippen LogP contribution is -2.10. The van der Waals surface area contributed by atoms with Crippen LogP contribution in [-0.4, -0.2) is 28.4 Å². The van der Waals surface area contributed by atoms with Crippen LogP contribution in [0.5, 0.6) is 11.5 Å². The quantitative estimate of drug-likeness (QED) is 0.760. The first kappa shape index (κ1) is 15.1. The molecule has 0 bridgehead atoms. The molecule has 1 unspecified atom stereocenters. The maximum Gasteiger partial charge on any atom is 0.121 e. The lowest BCUT2D eigenvalue weighted by Gasteiger charge is -2.14. The average Bonchev–Trinajstić information content (AvgIpc) is 3.14. The molecule has 0 saturated heterocycles. The zero-order valence-electron chi connectivity index (χ0n) is 12.8. The number of aromatic nitrogens is 2. The number of hydrogen-bond donors (Lipinski definition) is 1. The molecule has 0 fully saturated rings. The first-order valence-electron chi connectivity index (χ1n) is 7.29. The molecule has 0 aliphatic rings. The summed E-state index contributed by atoms with van der Waals surface area (Å²) in [7, 11) is 1.60. The van der Waals surface area contributed by atoms with E-state index in [0.29, 0.717) is 11.5 Å². The molecule has 0 amide bonds. The van der Waals surface area contributed by atoms with Crippen LogP contribution in [0.25, 0.3) is 5.69 Å². The van der Waals surface area contributed by atoms with E-state index >= 15 is 0 Å². The summed E-state index contributed by atoms with van der Waals surface area (Å²) in [4.78, 5) is 4.03. The lowest BCUT2D eigenvalue weighted by molar-refractivity contribution is 0.108. The van der Waals surface area contributed by atoms with E-state index in [1.54, 1.807) is 25.7 Å². The standard InChI is InChI=1S/C18H18N2O3/c1-22-16-6-2-4-14(10-16)18(21)12-23-17-7-3-5-15(11-17)20-9-8-19-13-20/h2-11,13,18,21H,12H2,1H3. The third kappa shape index (κ3) is 3.70. The zero-order valence-corrected chi connectivity index (χ0v) is 12.8. The molecule has 3 aromatic rings. The molecule has 3 rings (SSSR count). The number of nitrogens with zero attached hydrogens (tertiary/aromatic N) is 2. The van der Waals surface area contributed by atoms with Gasteiger partial charge in [-0.05, 0) is 29.8 Å². The Morgan fingerprint density at radius 2 is 1.96 bits per heavy atom. The van der Waals surface area contributed by atoms with Gasteiger partial charge in [-0.1, -0.05) is 18.2 Å². The topological polar surface area (TPSA) is 56.5 Å². The summed E-state index contributed by atoms with van der Waals surface area (Å²) in [5.74, 6) is 1.40. The van der Waals surface area contributed by atoms with Crippen molar-refractivity contribution in [3.63, 3.8) is 0 Å². The molecule has 2 aromatic carbocycles. The van der Waals surface area contributed by atoms with Gasteiger partial charge < -0.3 is 19.1 Å². The molecule has 1 atom stereocenters. The van der Waals surface area contributed by atoms with Crippen molar-refractivity contribution in [3.8, 4) is 17.2 Å². The number of aliphatic hydroxyl groups excluding tert-OH is 1. The Labute approximate surface area is 134 Å². The van der Waals surface area contributed by atoms with E-state index in [1.165, 1.54) is 0 Å². The number of imidazole rings is 1. The predicted molar refractivity (Wildman–Crippen MR) is 87.0 cm³/mol. The third-order valence-corrected chi connectivity index (χ3v) is 3.51. The maximum atomic E-state index is 10.3. The molecule has 1 heterocycles. The second-order valence-electron chi connectivity index (χ2n) is 5.07. The minimum atomic E-state index is -0.720. The van der Waals surface area contributed by atoms with Crippen LogP contribution >= 0.6 is 0 Å². The van der Waals surface area contributed by atoms with Crippen molar-refractivity contribution >= 4 is 0 Å². The molecule has 118 valence electrons. The molecule has 0 spiro atoms. The molecule has 1 aromatic heterocycles. The molecule has 23 heavy (non-hydrogen) atoms.